The second-order valence-corrected chi connectivity index (χ2v) is 8.15. The van der Waals surface area contributed by atoms with E-state index in [0.29, 0.717) is 51.0 Å². The van der Waals surface area contributed by atoms with Crippen molar-refractivity contribution in [2.75, 3.05) is 11.9 Å². The summed E-state index contributed by atoms with van der Waals surface area (Å²) in [5, 5.41) is 13.5. The van der Waals surface area contributed by atoms with Crippen molar-refractivity contribution in [2.24, 2.45) is 0 Å². The predicted octanol–water partition coefficient (Wildman–Crippen LogP) is 7.17. The van der Waals surface area contributed by atoms with Crippen LogP contribution in [0.4, 0.5) is 5.69 Å². The van der Waals surface area contributed by atoms with Crippen LogP contribution in [0.1, 0.15) is 18.1 Å². The highest BCUT2D eigenvalue weighted by molar-refractivity contribution is 6.35. The molecule has 1 amide bonds. The zero-order valence-corrected chi connectivity index (χ0v) is 19.8. The number of nitriles is 1. The first-order valence-electron chi connectivity index (χ1n) is 9.91. The standard InChI is InChI=1S/C25H19Cl3N2O3/c1-2-32-24-10-17(5-8-23(24)33-15-16-3-6-19(26)7-4-16)9-18(14-29)25(31)30-22-12-20(27)11-21(28)13-22/h3-13H,2,15H2,1H3,(H,30,31). The van der Waals surface area contributed by atoms with E-state index in [-0.39, 0.29) is 5.57 Å². The maximum atomic E-state index is 12.6. The summed E-state index contributed by atoms with van der Waals surface area (Å²) in [4.78, 5) is 12.6. The number of hydrogen-bond acceptors (Lipinski definition) is 4. The Morgan fingerprint density at radius 3 is 2.27 bits per heavy atom. The zero-order chi connectivity index (χ0) is 23.8. The number of carbonyl (C=O) groups excluding carboxylic acids is 1. The summed E-state index contributed by atoms with van der Waals surface area (Å²) in [6, 6.07) is 19.1. The van der Waals surface area contributed by atoms with E-state index >= 15 is 0 Å². The molecule has 0 unspecified atom stereocenters. The van der Waals surface area contributed by atoms with Crippen molar-refractivity contribution in [3.8, 4) is 17.6 Å². The van der Waals surface area contributed by atoms with Gasteiger partial charge in [-0.1, -0.05) is 53.0 Å². The van der Waals surface area contributed by atoms with E-state index in [9.17, 15) is 10.1 Å². The number of nitrogens with one attached hydrogen (secondary N) is 1. The van der Waals surface area contributed by atoms with Crippen LogP contribution in [0.25, 0.3) is 6.08 Å². The second-order valence-electron chi connectivity index (χ2n) is 6.84. The Morgan fingerprint density at radius 2 is 1.64 bits per heavy atom. The Balaban J connectivity index is 1.78. The van der Waals surface area contributed by atoms with Crippen LogP contribution in [-0.4, -0.2) is 12.5 Å². The minimum atomic E-state index is -0.586. The normalized spacial score (nSPS) is 10.9. The first kappa shape index (κ1) is 24.5. The molecule has 0 saturated heterocycles. The van der Waals surface area contributed by atoms with Gasteiger partial charge in [-0.2, -0.15) is 5.26 Å². The van der Waals surface area contributed by atoms with Crippen LogP contribution in [0.15, 0.2) is 66.2 Å². The molecule has 0 bridgehead atoms. The number of halogens is 3. The summed E-state index contributed by atoms with van der Waals surface area (Å²) in [6.07, 6.45) is 1.47. The summed E-state index contributed by atoms with van der Waals surface area (Å²) in [5.41, 5.74) is 1.85. The molecule has 0 atom stereocenters. The van der Waals surface area contributed by atoms with E-state index in [1.807, 2.05) is 25.1 Å². The number of carbonyl (C=O) groups is 1. The highest BCUT2D eigenvalue weighted by Crippen LogP contribution is 2.30. The monoisotopic (exact) mass is 500 g/mol. The number of anilines is 1. The van der Waals surface area contributed by atoms with Gasteiger partial charge in [0.25, 0.3) is 5.91 Å². The molecular formula is C25H19Cl3N2O3. The molecule has 0 spiro atoms. The SMILES string of the molecule is CCOc1cc(C=C(C#N)C(=O)Nc2cc(Cl)cc(Cl)c2)ccc1OCc1ccc(Cl)cc1. The van der Waals surface area contributed by atoms with Crippen molar-refractivity contribution >= 4 is 52.5 Å². The number of hydrogen-bond donors (Lipinski definition) is 1. The smallest absolute Gasteiger partial charge is 0.266 e. The van der Waals surface area contributed by atoms with Gasteiger partial charge in [0.15, 0.2) is 11.5 Å². The molecule has 5 nitrogen and oxygen atoms in total. The largest absolute Gasteiger partial charge is 0.490 e. The molecule has 0 fully saturated rings. The number of ether oxygens (including phenoxy) is 2. The minimum Gasteiger partial charge on any atom is -0.490 e. The van der Waals surface area contributed by atoms with Gasteiger partial charge in [-0.15, -0.1) is 0 Å². The molecule has 0 heterocycles. The fourth-order valence-corrected chi connectivity index (χ4v) is 3.54. The van der Waals surface area contributed by atoms with Crippen LogP contribution in [0.5, 0.6) is 11.5 Å². The topological polar surface area (TPSA) is 71.3 Å². The Morgan fingerprint density at radius 1 is 0.939 bits per heavy atom. The Bertz CT molecular complexity index is 1200. The van der Waals surface area contributed by atoms with Crippen LogP contribution in [0, 0.1) is 11.3 Å². The third-order valence-electron chi connectivity index (χ3n) is 4.37. The highest BCUT2D eigenvalue weighted by Gasteiger charge is 2.12. The van der Waals surface area contributed by atoms with Gasteiger partial charge in [-0.3, -0.25) is 4.79 Å². The summed E-state index contributed by atoms with van der Waals surface area (Å²) in [7, 11) is 0. The van der Waals surface area contributed by atoms with Gasteiger partial charge < -0.3 is 14.8 Å². The molecule has 1 N–H and O–H groups in total. The lowest BCUT2D eigenvalue weighted by atomic mass is 10.1. The maximum Gasteiger partial charge on any atom is 0.266 e. The van der Waals surface area contributed by atoms with E-state index in [0.717, 1.165) is 5.56 Å². The van der Waals surface area contributed by atoms with Crippen molar-refractivity contribution in [2.45, 2.75) is 13.5 Å². The third-order valence-corrected chi connectivity index (χ3v) is 5.06. The number of amides is 1. The summed E-state index contributed by atoms with van der Waals surface area (Å²) in [5.74, 6) is 0.455. The fourth-order valence-electron chi connectivity index (χ4n) is 2.88. The predicted molar refractivity (Wildman–Crippen MR) is 132 cm³/mol. The molecule has 168 valence electrons. The fraction of sp³-hybridized carbons (Fsp3) is 0.120. The van der Waals surface area contributed by atoms with E-state index in [4.69, 9.17) is 44.3 Å². The first-order valence-corrected chi connectivity index (χ1v) is 11.0. The van der Waals surface area contributed by atoms with Gasteiger partial charge in [-0.25, -0.2) is 0 Å². The highest BCUT2D eigenvalue weighted by atomic mass is 35.5. The Kier molecular flexibility index (Phi) is 8.62. The number of nitrogens with zero attached hydrogens (tertiary/aromatic N) is 1. The van der Waals surface area contributed by atoms with Gasteiger partial charge in [0.1, 0.15) is 18.2 Å². The average Bonchev–Trinajstić information content (AvgIpc) is 2.77. The molecule has 3 aromatic carbocycles. The van der Waals surface area contributed by atoms with Crippen molar-refractivity contribution in [1.82, 2.24) is 0 Å². The van der Waals surface area contributed by atoms with E-state index in [1.165, 1.54) is 6.08 Å². The molecule has 33 heavy (non-hydrogen) atoms. The van der Waals surface area contributed by atoms with Gasteiger partial charge in [-0.05, 0) is 66.6 Å². The van der Waals surface area contributed by atoms with Gasteiger partial charge in [0.2, 0.25) is 0 Å². The van der Waals surface area contributed by atoms with E-state index in [1.54, 1.807) is 48.5 Å². The van der Waals surface area contributed by atoms with E-state index < -0.39 is 5.91 Å². The molecule has 0 saturated carbocycles. The first-order chi connectivity index (χ1) is 15.9. The Labute approximate surface area is 207 Å². The lowest BCUT2D eigenvalue weighted by Crippen LogP contribution is -2.13. The number of benzene rings is 3. The molecule has 3 aromatic rings. The molecule has 0 radical (unpaired) electrons. The Hall–Kier alpha value is -3.17. The maximum absolute atomic E-state index is 12.6. The van der Waals surface area contributed by atoms with Crippen LogP contribution in [0.2, 0.25) is 15.1 Å². The van der Waals surface area contributed by atoms with Crippen molar-refractivity contribution in [1.29, 1.82) is 5.26 Å². The molecule has 0 aromatic heterocycles. The molecule has 8 heteroatoms. The summed E-state index contributed by atoms with van der Waals surface area (Å²) in [6.45, 7) is 2.61. The summed E-state index contributed by atoms with van der Waals surface area (Å²) >= 11 is 17.8. The minimum absolute atomic E-state index is 0.0941. The van der Waals surface area contributed by atoms with Crippen LogP contribution >= 0.6 is 34.8 Å². The molecular weight excluding hydrogens is 483 g/mol. The van der Waals surface area contributed by atoms with Gasteiger partial charge >= 0.3 is 0 Å². The van der Waals surface area contributed by atoms with Crippen molar-refractivity contribution in [3.63, 3.8) is 0 Å². The van der Waals surface area contributed by atoms with Crippen molar-refractivity contribution < 1.29 is 14.3 Å². The molecule has 0 aliphatic carbocycles. The lowest BCUT2D eigenvalue weighted by Gasteiger charge is -2.13. The lowest BCUT2D eigenvalue weighted by molar-refractivity contribution is -0.112. The molecule has 0 aliphatic heterocycles. The van der Waals surface area contributed by atoms with Crippen molar-refractivity contribution in [3.05, 3.63) is 92.4 Å². The van der Waals surface area contributed by atoms with Crippen LogP contribution < -0.4 is 14.8 Å². The molecule has 3 rings (SSSR count). The average molecular weight is 502 g/mol. The summed E-state index contributed by atoms with van der Waals surface area (Å²) < 4.78 is 11.6. The number of rotatable bonds is 8. The quantitative estimate of drug-likeness (QED) is 0.262. The third kappa shape index (κ3) is 7.16. The van der Waals surface area contributed by atoms with Gasteiger partial charge in [0.05, 0.1) is 6.61 Å². The second kappa shape index (κ2) is 11.6. The zero-order valence-electron chi connectivity index (χ0n) is 17.6. The van der Waals surface area contributed by atoms with Gasteiger partial charge in [0, 0.05) is 20.8 Å². The van der Waals surface area contributed by atoms with Crippen LogP contribution in [0.3, 0.4) is 0 Å². The van der Waals surface area contributed by atoms with Crippen LogP contribution in [-0.2, 0) is 11.4 Å². The molecule has 0 aliphatic rings. The van der Waals surface area contributed by atoms with E-state index in [2.05, 4.69) is 5.32 Å².